The smallest absolute Gasteiger partial charge is 0.163 e. The van der Waals surface area contributed by atoms with E-state index >= 15 is 0 Å². The van der Waals surface area contributed by atoms with Gasteiger partial charge in [0.25, 0.3) is 0 Å². The zero-order valence-electron chi connectivity index (χ0n) is 13.4. The molecule has 1 aliphatic carbocycles. The molecular weight excluding hydrogens is 284 g/mol. The Bertz CT molecular complexity index is 908. The summed E-state index contributed by atoms with van der Waals surface area (Å²) in [5.74, 6) is 1.11. The molecule has 4 rings (SSSR count). The number of rotatable bonds is 4. The lowest BCUT2D eigenvalue weighted by Gasteiger charge is -2.15. The minimum absolute atomic E-state index is 0.246. The van der Waals surface area contributed by atoms with Gasteiger partial charge in [0.15, 0.2) is 5.78 Å². The molecule has 23 heavy (non-hydrogen) atoms. The van der Waals surface area contributed by atoms with Gasteiger partial charge in [-0.3, -0.25) is 4.79 Å². The van der Waals surface area contributed by atoms with Gasteiger partial charge in [0.05, 0.1) is 6.61 Å². The van der Waals surface area contributed by atoms with Crippen LogP contribution in [0, 0.1) is 0 Å². The van der Waals surface area contributed by atoms with Gasteiger partial charge in [0.1, 0.15) is 5.75 Å². The SMILES string of the molecule is CCCCOc1cc2c(c3ccc4ccccc4c13)CCC2=O. The highest BCUT2D eigenvalue weighted by Crippen LogP contribution is 2.40. The molecule has 3 aromatic carbocycles. The molecule has 0 saturated heterocycles. The molecule has 3 aromatic rings. The van der Waals surface area contributed by atoms with Crippen LogP contribution in [0.25, 0.3) is 21.5 Å². The van der Waals surface area contributed by atoms with E-state index in [0.717, 1.165) is 36.0 Å². The van der Waals surface area contributed by atoms with E-state index in [2.05, 4.69) is 43.3 Å². The Balaban J connectivity index is 2.02. The molecular formula is C21H20O2. The average Bonchev–Trinajstić information content (AvgIpc) is 2.96. The summed E-state index contributed by atoms with van der Waals surface area (Å²) in [5.41, 5.74) is 2.05. The Morgan fingerprint density at radius 1 is 1.04 bits per heavy atom. The molecule has 0 aromatic heterocycles. The first kappa shape index (κ1) is 14.3. The number of ether oxygens (including phenoxy) is 1. The monoisotopic (exact) mass is 304 g/mol. The van der Waals surface area contributed by atoms with Crippen molar-refractivity contribution in [1.82, 2.24) is 0 Å². The van der Waals surface area contributed by atoms with E-state index in [1.54, 1.807) is 0 Å². The topological polar surface area (TPSA) is 26.3 Å². The molecule has 0 radical (unpaired) electrons. The van der Waals surface area contributed by atoms with Crippen LogP contribution in [-0.4, -0.2) is 12.4 Å². The number of fused-ring (bicyclic) bond motifs is 5. The molecule has 0 bridgehead atoms. The fourth-order valence-corrected chi connectivity index (χ4v) is 3.56. The summed E-state index contributed by atoms with van der Waals surface area (Å²) in [6, 6.07) is 14.7. The van der Waals surface area contributed by atoms with E-state index in [9.17, 15) is 4.79 Å². The van der Waals surface area contributed by atoms with E-state index in [4.69, 9.17) is 4.74 Å². The molecule has 2 heteroatoms. The van der Waals surface area contributed by atoms with E-state index in [0.29, 0.717) is 13.0 Å². The van der Waals surface area contributed by atoms with Gasteiger partial charge in [-0.2, -0.15) is 0 Å². The standard InChI is InChI=1S/C21H20O2/c1-2-3-12-23-20-13-18-16(10-11-19(18)22)17-9-8-14-6-4-5-7-15(14)21(17)20/h4-9,13H,2-3,10-12H2,1H3. The maximum Gasteiger partial charge on any atom is 0.163 e. The van der Waals surface area contributed by atoms with Gasteiger partial charge in [-0.1, -0.05) is 49.7 Å². The highest BCUT2D eigenvalue weighted by molar-refractivity contribution is 6.15. The second-order valence-electron chi connectivity index (χ2n) is 6.24. The molecule has 0 N–H and O–H groups in total. The van der Waals surface area contributed by atoms with Gasteiger partial charge in [-0.15, -0.1) is 0 Å². The van der Waals surface area contributed by atoms with Crippen molar-refractivity contribution >= 4 is 27.3 Å². The highest BCUT2D eigenvalue weighted by atomic mass is 16.5. The molecule has 116 valence electrons. The summed E-state index contributed by atoms with van der Waals surface area (Å²) in [6.07, 6.45) is 3.59. The molecule has 2 nitrogen and oxygen atoms in total. The maximum absolute atomic E-state index is 12.2. The summed E-state index contributed by atoms with van der Waals surface area (Å²) in [6.45, 7) is 2.85. The predicted molar refractivity (Wildman–Crippen MR) is 94.5 cm³/mol. The summed E-state index contributed by atoms with van der Waals surface area (Å²) in [7, 11) is 0. The van der Waals surface area contributed by atoms with Crippen molar-refractivity contribution in [3.63, 3.8) is 0 Å². The van der Waals surface area contributed by atoms with Crippen molar-refractivity contribution in [2.75, 3.05) is 6.61 Å². The zero-order chi connectivity index (χ0) is 15.8. The summed E-state index contributed by atoms with van der Waals surface area (Å²) in [4.78, 5) is 12.2. The Kier molecular flexibility index (Phi) is 3.53. The van der Waals surface area contributed by atoms with Crippen LogP contribution >= 0.6 is 0 Å². The number of aryl methyl sites for hydroxylation is 1. The van der Waals surface area contributed by atoms with Crippen molar-refractivity contribution in [2.24, 2.45) is 0 Å². The van der Waals surface area contributed by atoms with Crippen LogP contribution in [0.3, 0.4) is 0 Å². The summed E-state index contributed by atoms with van der Waals surface area (Å²) >= 11 is 0. The molecule has 0 heterocycles. The third-order valence-electron chi connectivity index (χ3n) is 4.76. The molecule has 1 aliphatic rings. The molecule has 0 amide bonds. The lowest BCUT2D eigenvalue weighted by molar-refractivity contribution is 0.0994. The minimum atomic E-state index is 0.246. The molecule has 0 spiro atoms. The largest absolute Gasteiger partial charge is 0.493 e. The van der Waals surface area contributed by atoms with Crippen LogP contribution in [-0.2, 0) is 6.42 Å². The van der Waals surface area contributed by atoms with Gasteiger partial charge in [0, 0.05) is 17.4 Å². The third kappa shape index (κ3) is 2.29. The molecule has 0 fully saturated rings. The lowest BCUT2D eigenvalue weighted by Crippen LogP contribution is -2.00. The minimum Gasteiger partial charge on any atom is -0.493 e. The van der Waals surface area contributed by atoms with Crippen LogP contribution in [0.15, 0.2) is 42.5 Å². The molecule has 0 aliphatic heterocycles. The molecule has 0 saturated carbocycles. The first-order valence-corrected chi connectivity index (χ1v) is 8.43. The number of hydrogen-bond donors (Lipinski definition) is 0. The van der Waals surface area contributed by atoms with Gasteiger partial charge in [-0.25, -0.2) is 0 Å². The van der Waals surface area contributed by atoms with Gasteiger partial charge in [0.2, 0.25) is 0 Å². The number of carbonyl (C=O) groups is 1. The van der Waals surface area contributed by atoms with E-state index < -0.39 is 0 Å². The fraction of sp³-hybridized carbons (Fsp3) is 0.286. The zero-order valence-corrected chi connectivity index (χ0v) is 13.4. The summed E-state index contributed by atoms with van der Waals surface area (Å²) in [5, 5.41) is 4.76. The first-order valence-electron chi connectivity index (χ1n) is 8.43. The number of benzene rings is 3. The van der Waals surface area contributed by atoms with Crippen molar-refractivity contribution in [1.29, 1.82) is 0 Å². The average molecular weight is 304 g/mol. The first-order chi connectivity index (χ1) is 11.3. The molecule has 0 unspecified atom stereocenters. The Labute approximate surface area is 136 Å². The highest BCUT2D eigenvalue weighted by Gasteiger charge is 2.24. The van der Waals surface area contributed by atoms with Crippen molar-refractivity contribution in [3.8, 4) is 5.75 Å². The summed E-state index contributed by atoms with van der Waals surface area (Å²) < 4.78 is 6.09. The number of Topliss-reactive ketones (excluding diaryl/α,β-unsaturated/α-hetero) is 1. The second kappa shape index (κ2) is 5.69. The maximum atomic E-state index is 12.2. The fourth-order valence-electron chi connectivity index (χ4n) is 3.56. The quantitative estimate of drug-likeness (QED) is 0.483. The number of carbonyl (C=O) groups excluding carboxylic acids is 1. The Morgan fingerprint density at radius 3 is 2.78 bits per heavy atom. The molecule has 0 atom stereocenters. The Hall–Kier alpha value is -2.35. The van der Waals surface area contributed by atoms with Crippen molar-refractivity contribution < 1.29 is 9.53 Å². The van der Waals surface area contributed by atoms with E-state index in [1.807, 2.05) is 6.07 Å². The van der Waals surface area contributed by atoms with Crippen LogP contribution in [0.1, 0.15) is 42.1 Å². The predicted octanol–water partition coefficient (Wildman–Crippen LogP) is 5.30. The normalized spacial score (nSPS) is 13.7. The van der Waals surface area contributed by atoms with Crippen LogP contribution in [0.5, 0.6) is 5.75 Å². The van der Waals surface area contributed by atoms with Crippen LogP contribution < -0.4 is 4.74 Å². The lowest BCUT2D eigenvalue weighted by atomic mass is 9.95. The second-order valence-corrected chi connectivity index (χ2v) is 6.24. The van der Waals surface area contributed by atoms with Crippen LogP contribution in [0.2, 0.25) is 0 Å². The number of unbranched alkanes of at least 4 members (excludes halogenated alkanes) is 1. The van der Waals surface area contributed by atoms with Gasteiger partial charge < -0.3 is 4.74 Å². The van der Waals surface area contributed by atoms with Crippen molar-refractivity contribution in [2.45, 2.75) is 32.6 Å². The van der Waals surface area contributed by atoms with Gasteiger partial charge >= 0.3 is 0 Å². The van der Waals surface area contributed by atoms with Crippen LogP contribution in [0.4, 0.5) is 0 Å². The third-order valence-corrected chi connectivity index (χ3v) is 4.76. The van der Waals surface area contributed by atoms with Gasteiger partial charge in [-0.05, 0) is 40.6 Å². The Morgan fingerprint density at radius 2 is 1.91 bits per heavy atom. The number of ketones is 1. The van der Waals surface area contributed by atoms with Crippen molar-refractivity contribution in [3.05, 3.63) is 53.6 Å². The number of hydrogen-bond acceptors (Lipinski definition) is 2. The van der Waals surface area contributed by atoms with E-state index in [-0.39, 0.29) is 5.78 Å². The van der Waals surface area contributed by atoms with E-state index in [1.165, 1.54) is 21.7 Å².